The van der Waals surface area contributed by atoms with Crippen molar-refractivity contribution in [3.8, 4) is 0 Å². The van der Waals surface area contributed by atoms with Crippen molar-refractivity contribution < 1.29 is 18.3 Å². The van der Waals surface area contributed by atoms with Crippen molar-refractivity contribution in [1.29, 1.82) is 0 Å². The first-order chi connectivity index (χ1) is 10.6. The van der Waals surface area contributed by atoms with Crippen LogP contribution in [0.25, 0.3) is 0 Å². The lowest BCUT2D eigenvalue weighted by atomic mass is 10.1. The molecule has 0 saturated carbocycles. The number of amides is 1. The van der Waals surface area contributed by atoms with Gasteiger partial charge in [0.1, 0.15) is 5.60 Å². The normalized spacial score (nSPS) is 14.2. The van der Waals surface area contributed by atoms with E-state index in [2.05, 4.69) is 10.6 Å². The quantitative estimate of drug-likeness (QED) is 0.832. The van der Waals surface area contributed by atoms with Gasteiger partial charge >= 0.3 is 6.09 Å². The van der Waals surface area contributed by atoms with Crippen LogP contribution >= 0.6 is 0 Å². The van der Waals surface area contributed by atoms with Gasteiger partial charge in [-0.15, -0.1) is 0 Å². The predicted octanol–water partition coefficient (Wildman–Crippen LogP) is 3.92. The van der Waals surface area contributed by atoms with E-state index in [0.717, 1.165) is 12.5 Å². The van der Waals surface area contributed by atoms with Crippen LogP contribution in [0.5, 0.6) is 0 Å². The number of alkyl carbamates (subject to hydrolysis) is 1. The van der Waals surface area contributed by atoms with E-state index < -0.39 is 23.3 Å². The molecule has 0 saturated heterocycles. The molecule has 6 heteroatoms. The van der Waals surface area contributed by atoms with Crippen LogP contribution in [0.2, 0.25) is 0 Å². The van der Waals surface area contributed by atoms with Gasteiger partial charge in [-0.3, -0.25) is 0 Å². The maximum Gasteiger partial charge on any atom is 0.407 e. The summed E-state index contributed by atoms with van der Waals surface area (Å²) >= 11 is 0. The van der Waals surface area contributed by atoms with Crippen LogP contribution in [0.1, 0.15) is 52.6 Å². The van der Waals surface area contributed by atoms with E-state index >= 15 is 0 Å². The second-order valence-corrected chi connectivity index (χ2v) is 6.55. The molecule has 1 amide bonds. The summed E-state index contributed by atoms with van der Waals surface area (Å²) in [4.78, 5) is 11.8. The molecule has 130 valence electrons. The van der Waals surface area contributed by atoms with Crippen LogP contribution in [0, 0.1) is 11.6 Å². The van der Waals surface area contributed by atoms with E-state index in [1.165, 1.54) is 6.07 Å². The minimum Gasteiger partial charge on any atom is -0.444 e. The molecule has 0 spiro atoms. The number of halogens is 2. The highest BCUT2D eigenvalue weighted by molar-refractivity contribution is 5.68. The molecule has 2 atom stereocenters. The number of nitrogens with one attached hydrogen (secondary N) is 2. The number of hydrogen-bond donors (Lipinski definition) is 2. The van der Waals surface area contributed by atoms with E-state index in [9.17, 15) is 13.6 Å². The molecule has 4 nitrogen and oxygen atoms in total. The van der Waals surface area contributed by atoms with Gasteiger partial charge in [-0.2, -0.15) is 0 Å². The Bertz CT molecular complexity index is 530. The smallest absolute Gasteiger partial charge is 0.407 e. The van der Waals surface area contributed by atoms with Gasteiger partial charge in [0.25, 0.3) is 0 Å². The zero-order valence-electron chi connectivity index (χ0n) is 14.4. The fourth-order valence-corrected chi connectivity index (χ4v) is 1.99. The van der Waals surface area contributed by atoms with Crippen LogP contribution in [0.4, 0.5) is 13.6 Å². The first-order valence-electron chi connectivity index (χ1n) is 7.80. The largest absolute Gasteiger partial charge is 0.444 e. The summed E-state index contributed by atoms with van der Waals surface area (Å²) in [6.07, 6.45) is 0.253. The zero-order valence-corrected chi connectivity index (χ0v) is 14.4. The monoisotopic (exact) mass is 328 g/mol. The summed E-state index contributed by atoms with van der Waals surface area (Å²) in [5.41, 5.74) is 0.102. The average molecular weight is 328 g/mol. The molecular formula is C17H26F2N2O2. The molecule has 0 fully saturated rings. The summed E-state index contributed by atoms with van der Waals surface area (Å²) in [7, 11) is 0. The third-order valence-electron chi connectivity index (χ3n) is 3.33. The lowest BCUT2D eigenvalue weighted by molar-refractivity contribution is 0.0502. The Morgan fingerprint density at radius 2 is 1.91 bits per heavy atom. The first kappa shape index (κ1) is 19.4. The van der Waals surface area contributed by atoms with Crippen molar-refractivity contribution in [3.63, 3.8) is 0 Å². The fourth-order valence-electron chi connectivity index (χ4n) is 1.99. The zero-order chi connectivity index (χ0) is 17.6. The molecule has 2 N–H and O–H groups in total. The minimum absolute atomic E-state index is 0.113. The highest BCUT2D eigenvalue weighted by Gasteiger charge is 2.19. The van der Waals surface area contributed by atoms with Gasteiger partial charge in [0, 0.05) is 18.6 Å². The second kappa shape index (κ2) is 8.24. The highest BCUT2D eigenvalue weighted by atomic mass is 19.2. The number of rotatable bonds is 6. The highest BCUT2D eigenvalue weighted by Crippen LogP contribution is 2.16. The standard InChI is InChI=1S/C17H26F2N2O2/c1-6-13(21-16(22)23-17(3,4)5)10-20-11(2)12-7-8-14(18)15(19)9-12/h7-9,11,13,20H,6,10H2,1-5H3,(H,21,22). The Balaban J connectivity index is 2.53. The van der Waals surface area contributed by atoms with Gasteiger partial charge in [-0.1, -0.05) is 13.0 Å². The Morgan fingerprint density at radius 1 is 1.26 bits per heavy atom. The van der Waals surface area contributed by atoms with Gasteiger partial charge in [0.2, 0.25) is 0 Å². The van der Waals surface area contributed by atoms with Crippen LogP contribution in [-0.2, 0) is 4.74 Å². The fraction of sp³-hybridized carbons (Fsp3) is 0.588. The first-order valence-corrected chi connectivity index (χ1v) is 7.80. The van der Waals surface area contributed by atoms with E-state index in [1.807, 2.05) is 13.8 Å². The molecule has 0 aromatic heterocycles. The molecule has 1 aromatic carbocycles. The Hall–Kier alpha value is -1.69. The molecule has 0 aliphatic carbocycles. The van der Waals surface area contributed by atoms with Crippen molar-refractivity contribution in [3.05, 3.63) is 35.4 Å². The molecular weight excluding hydrogens is 302 g/mol. The molecule has 0 aliphatic rings. The summed E-state index contributed by atoms with van der Waals surface area (Å²) in [5, 5.41) is 6.00. The lowest BCUT2D eigenvalue weighted by Crippen LogP contribution is -2.44. The van der Waals surface area contributed by atoms with Crippen LogP contribution in [0.3, 0.4) is 0 Å². The minimum atomic E-state index is -0.866. The molecule has 0 bridgehead atoms. The van der Waals surface area contributed by atoms with Crippen molar-refractivity contribution in [2.75, 3.05) is 6.54 Å². The van der Waals surface area contributed by atoms with Crippen LogP contribution < -0.4 is 10.6 Å². The molecule has 0 radical (unpaired) electrons. The molecule has 2 unspecified atom stereocenters. The van der Waals surface area contributed by atoms with Crippen molar-refractivity contribution >= 4 is 6.09 Å². The van der Waals surface area contributed by atoms with E-state index in [0.29, 0.717) is 12.1 Å². The Labute approximate surface area is 136 Å². The number of carbonyl (C=O) groups excluding carboxylic acids is 1. The van der Waals surface area contributed by atoms with Crippen LogP contribution in [0.15, 0.2) is 18.2 Å². The van der Waals surface area contributed by atoms with Gasteiger partial charge in [0.05, 0.1) is 0 Å². The Kier molecular flexibility index (Phi) is 6.94. The van der Waals surface area contributed by atoms with Gasteiger partial charge in [-0.25, -0.2) is 13.6 Å². The summed E-state index contributed by atoms with van der Waals surface area (Å²) in [6.45, 7) is 9.71. The average Bonchev–Trinajstić information content (AvgIpc) is 2.44. The maximum atomic E-state index is 13.3. The molecule has 23 heavy (non-hydrogen) atoms. The van der Waals surface area contributed by atoms with E-state index in [1.54, 1.807) is 26.8 Å². The third kappa shape index (κ3) is 6.95. The van der Waals surface area contributed by atoms with Crippen molar-refractivity contribution in [2.24, 2.45) is 0 Å². The number of carbonyl (C=O) groups is 1. The van der Waals surface area contributed by atoms with Crippen molar-refractivity contribution in [1.82, 2.24) is 10.6 Å². The molecule has 0 heterocycles. The summed E-state index contributed by atoms with van der Waals surface area (Å²) in [5.74, 6) is -1.73. The summed E-state index contributed by atoms with van der Waals surface area (Å²) in [6, 6.07) is 3.55. The number of hydrogen-bond acceptors (Lipinski definition) is 3. The van der Waals surface area contributed by atoms with Gasteiger partial charge < -0.3 is 15.4 Å². The molecule has 1 aromatic rings. The number of ether oxygens (including phenoxy) is 1. The third-order valence-corrected chi connectivity index (χ3v) is 3.33. The Morgan fingerprint density at radius 3 is 2.43 bits per heavy atom. The SMILES string of the molecule is CCC(CNC(C)c1ccc(F)c(F)c1)NC(=O)OC(C)(C)C. The topological polar surface area (TPSA) is 50.4 Å². The van der Waals surface area contributed by atoms with Gasteiger partial charge in [-0.05, 0) is 51.8 Å². The van der Waals surface area contributed by atoms with Gasteiger partial charge in [0.15, 0.2) is 11.6 Å². The predicted molar refractivity (Wildman–Crippen MR) is 86.2 cm³/mol. The summed E-state index contributed by atoms with van der Waals surface area (Å²) < 4.78 is 31.4. The maximum absolute atomic E-state index is 13.3. The lowest BCUT2D eigenvalue weighted by Gasteiger charge is -2.24. The number of benzene rings is 1. The van der Waals surface area contributed by atoms with Crippen molar-refractivity contribution in [2.45, 2.75) is 58.7 Å². The second-order valence-electron chi connectivity index (χ2n) is 6.55. The van der Waals surface area contributed by atoms with Crippen LogP contribution in [-0.4, -0.2) is 24.3 Å². The van der Waals surface area contributed by atoms with E-state index in [4.69, 9.17) is 4.74 Å². The van der Waals surface area contributed by atoms with E-state index in [-0.39, 0.29) is 12.1 Å². The molecule has 1 rings (SSSR count). The molecule has 0 aliphatic heterocycles.